The van der Waals surface area contributed by atoms with Crippen LogP contribution in [0, 0.1) is 0 Å². The predicted octanol–water partition coefficient (Wildman–Crippen LogP) is 2.72. The molecule has 3 heterocycles. The van der Waals surface area contributed by atoms with Gasteiger partial charge in [-0.05, 0) is 44.5 Å². The van der Waals surface area contributed by atoms with Crippen molar-refractivity contribution < 1.29 is 9.53 Å². The summed E-state index contributed by atoms with van der Waals surface area (Å²) in [4.78, 5) is 15.6. The summed E-state index contributed by atoms with van der Waals surface area (Å²) in [6.07, 6.45) is 3.48. The van der Waals surface area contributed by atoms with Crippen LogP contribution in [0.15, 0.2) is 23.3 Å². The largest absolute Gasteiger partial charge is 0.490 e. The number of hydrazone groups is 1. The van der Waals surface area contributed by atoms with Crippen LogP contribution in [0.3, 0.4) is 0 Å². The van der Waals surface area contributed by atoms with Gasteiger partial charge in [-0.25, -0.2) is 5.01 Å². The molecule has 0 aromatic heterocycles. The molecule has 29 heavy (non-hydrogen) atoms. The molecule has 1 amide bonds. The van der Waals surface area contributed by atoms with Gasteiger partial charge in [0.25, 0.3) is 5.91 Å². The number of carbonyl (C=O) groups excluding carboxylic acids is 1. The molecule has 0 bridgehead atoms. The number of ether oxygens (including phenoxy) is 1. The molecule has 1 aromatic carbocycles. The molecule has 2 saturated heterocycles. The minimum absolute atomic E-state index is 0.000999. The molecule has 2 atom stereocenters. The van der Waals surface area contributed by atoms with Gasteiger partial charge in [-0.3, -0.25) is 9.69 Å². The number of hydrogen-bond donors (Lipinski definition) is 2. The molecule has 7 nitrogen and oxygen atoms in total. The molecule has 1 aromatic rings. The average Bonchev–Trinajstić information content (AvgIpc) is 3.17. The Hall–Kier alpha value is -1.19. The molecule has 2 fully saturated rings. The van der Waals surface area contributed by atoms with E-state index in [2.05, 4.69) is 15.3 Å². The first kappa shape index (κ1) is 21.1. The number of piperidine rings is 2. The zero-order valence-electron chi connectivity index (χ0n) is 16.0. The van der Waals surface area contributed by atoms with Crippen molar-refractivity contribution in [3.05, 3.63) is 28.2 Å². The van der Waals surface area contributed by atoms with Gasteiger partial charge in [-0.2, -0.15) is 0 Å². The molecule has 158 valence electrons. The Bertz CT molecular complexity index is 790. The summed E-state index contributed by atoms with van der Waals surface area (Å²) >= 11 is 13.5. The van der Waals surface area contributed by atoms with Gasteiger partial charge in [0.1, 0.15) is 11.9 Å². The summed E-state index contributed by atoms with van der Waals surface area (Å²) in [5.41, 5.74) is 5.77. The van der Waals surface area contributed by atoms with Crippen molar-refractivity contribution in [1.29, 1.82) is 0 Å². The Morgan fingerprint density at radius 3 is 2.72 bits per heavy atom. The fraction of sp³-hybridized carbons (Fsp3) is 0.579. The van der Waals surface area contributed by atoms with Crippen LogP contribution in [-0.4, -0.2) is 64.7 Å². The number of amidine groups is 1. The first-order valence-electron chi connectivity index (χ1n) is 9.87. The molecule has 0 spiro atoms. The monoisotopic (exact) mass is 457 g/mol. The van der Waals surface area contributed by atoms with Crippen LogP contribution in [0.2, 0.25) is 10.0 Å². The second kappa shape index (κ2) is 9.31. The Morgan fingerprint density at radius 2 is 2.03 bits per heavy atom. The molecule has 3 N–H and O–H groups in total. The number of likely N-dealkylation sites (tertiary alicyclic amines) is 1. The second-order valence-corrected chi connectivity index (χ2v) is 9.30. The molecule has 10 heteroatoms. The highest BCUT2D eigenvalue weighted by Gasteiger charge is 2.41. The number of rotatable bonds is 4. The van der Waals surface area contributed by atoms with Gasteiger partial charge in [0.15, 0.2) is 5.17 Å². The van der Waals surface area contributed by atoms with E-state index < -0.39 is 0 Å². The summed E-state index contributed by atoms with van der Waals surface area (Å²) < 4.78 is 6.17. The van der Waals surface area contributed by atoms with Crippen LogP contribution in [0.5, 0.6) is 5.75 Å². The third kappa shape index (κ3) is 4.94. The maximum atomic E-state index is 13.3. The highest BCUT2D eigenvalue weighted by molar-refractivity contribution is 8.14. The smallest absolute Gasteiger partial charge is 0.261 e. The van der Waals surface area contributed by atoms with Gasteiger partial charge in [0.05, 0.1) is 22.0 Å². The lowest BCUT2D eigenvalue weighted by Gasteiger charge is -2.44. The van der Waals surface area contributed by atoms with E-state index in [1.165, 1.54) is 16.8 Å². The van der Waals surface area contributed by atoms with E-state index in [0.717, 1.165) is 38.9 Å². The third-order valence-electron chi connectivity index (χ3n) is 5.66. The van der Waals surface area contributed by atoms with Gasteiger partial charge in [0.2, 0.25) is 0 Å². The summed E-state index contributed by atoms with van der Waals surface area (Å²) in [6, 6.07) is 5.39. The summed E-state index contributed by atoms with van der Waals surface area (Å²) in [5.74, 6) is 1.14. The van der Waals surface area contributed by atoms with Crippen LogP contribution in [-0.2, 0) is 4.79 Å². The Kier molecular flexibility index (Phi) is 6.76. The quantitative estimate of drug-likeness (QED) is 0.722. The van der Waals surface area contributed by atoms with Crippen molar-refractivity contribution in [3.63, 3.8) is 0 Å². The van der Waals surface area contributed by atoms with Gasteiger partial charge in [-0.1, -0.05) is 35.0 Å². The van der Waals surface area contributed by atoms with Crippen molar-refractivity contribution in [1.82, 2.24) is 15.2 Å². The van der Waals surface area contributed by atoms with Crippen molar-refractivity contribution in [2.75, 3.05) is 25.5 Å². The van der Waals surface area contributed by atoms with E-state index in [4.69, 9.17) is 33.7 Å². The summed E-state index contributed by atoms with van der Waals surface area (Å²) in [7, 11) is 0. The third-order valence-corrected chi connectivity index (χ3v) is 7.15. The van der Waals surface area contributed by atoms with E-state index in [9.17, 15) is 4.79 Å². The summed E-state index contributed by atoms with van der Waals surface area (Å²) in [6.45, 7) is 2.78. The van der Waals surface area contributed by atoms with Crippen molar-refractivity contribution in [3.8, 4) is 5.75 Å². The summed E-state index contributed by atoms with van der Waals surface area (Å²) in [5, 5.41) is 10.5. The minimum atomic E-state index is -0.269. The highest BCUT2D eigenvalue weighted by atomic mass is 35.5. The van der Waals surface area contributed by atoms with Gasteiger partial charge in [-0.15, -0.1) is 5.10 Å². The maximum absolute atomic E-state index is 13.3. The molecular weight excluding hydrogens is 433 g/mol. The van der Waals surface area contributed by atoms with Crippen LogP contribution in [0.4, 0.5) is 0 Å². The Balaban J connectivity index is 1.50. The number of amides is 1. The van der Waals surface area contributed by atoms with Crippen LogP contribution in [0.25, 0.3) is 0 Å². The molecule has 0 radical (unpaired) electrons. The van der Waals surface area contributed by atoms with E-state index in [-0.39, 0.29) is 18.1 Å². The van der Waals surface area contributed by atoms with E-state index in [1.807, 2.05) is 6.07 Å². The second-order valence-electron chi connectivity index (χ2n) is 7.52. The predicted molar refractivity (Wildman–Crippen MR) is 117 cm³/mol. The van der Waals surface area contributed by atoms with Crippen LogP contribution < -0.4 is 15.8 Å². The Morgan fingerprint density at radius 1 is 1.24 bits per heavy atom. The highest BCUT2D eigenvalue weighted by Crippen LogP contribution is 2.31. The SMILES string of the molecule is NC1=NN(C(=O)C2CC(Oc3ccc(Cl)c(Cl)c3)CCN2C2CCNCC2)CS1. The number of halogens is 2. The molecule has 4 rings (SSSR count). The van der Waals surface area contributed by atoms with Crippen molar-refractivity contribution >= 4 is 46.0 Å². The van der Waals surface area contributed by atoms with Gasteiger partial charge < -0.3 is 15.8 Å². The number of nitrogens with two attached hydrogens (primary N) is 1. The topological polar surface area (TPSA) is 83.2 Å². The number of benzene rings is 1. The lowest BCUT2D eigenvalue weighted by atomic mass is 9.93. The number of hydrogen-bond acceptors (Lipinski definition) is 7. The van der Waals surface area contributed by atoms with Crippen molar-refractivity contribution in [2.45, 2.75) is 43.9 Å². The van der Waals surface area contributed by atoms with Crippen LogP contribution in [0.1, 0.15) is 25.7 Å². The van der Waals surface area contributed by atoms with Crippen molar-refractivity contribution in [2.24, 2.45) is 10.8 Å². The maximum Gasteiger partial charge on any atom is 0.261 e. The standard InChI is InChI=1S/C19H25Cl2N5O2S/c20-15-2-1-13(9-16(15)21)28-14-5-8-25(12-3-6-23-7-4-12)17(10-14)18(27)26-11-29-19(22)24-26/h1-2,9,12,14,17,23H,3-8,10-11H2,(H2,22,24). The molecule has 0 aliphatic carbocycles. The average molecular weight is 458 g/mol. The zero-order valence-corrected chi connectivity index (χ0v) is 18.3. The molecule has 2 unspecified atom stereocenters. The Labute approximate surface area is 184 Å². The van der Waals surface area contributed by atoms with E-state index in [1.54, 1.807) is 12.1 Å². The first-order valence-corrected chi connectivity index (χ1v) is 11.6. The normalized spacial score (nSPS) is 26.4. The van der Waals surface area contributed by atoms with E-state index in [0.29, 0.717) is 39.3 Å². The molecule has 3 aliphatic rings. The fourth-order valence-electron chi connectivity index (χ4n) is 4.21. The molecule has 3 aliphatic heterocycles. The zero-order chi connectivity index (χ0) is 20.4. The van der Waals surface area contributed by atoms with Crippen LogP contribution >= 0.6 is 35.0 Å². The first-order chi connectivity index (χ1) is 14.0. The number of nitrogens with one attached hydrogen (secondary N) is 1. The molecular formula is C19H25Cl2N5O2S. The minimum Gasteiger partial charge on any atom is -0.490 e. The molecule has 0 saturated carbocycles. The van der Waals surface area contributed by atoms with E-state index >= 15 is 0 Å². The van der Waals surface area contributed by atoms with Gasteiger partial charge in [0, 0.05) is 25.1 Å². The number of carbonyl (C=O) groups is 1. The number of nitrogens with zero attached hydrogens (tertiary/aromatic N) is 3. The lowest BCUT2D eigenvalue weighted by Crippen LogP contribution is -2.58. The van der Waals surface area contributed by atoms with Gasteiger partial charge >= 0.3 is 0 Å². The number of thioether (sulfide) groups is 1. The lowest BCUT2D eigenvalue weighted by molar-refractivity contribution is -0.140. The fourth-order valence-corrected chi connectivity index (χ4v) is 5.09.